The van der Waals surface area contributed by atoms with Crippen LogP contribution >= 0.6 is 0 Å². The molecule has 0 unspecified atom stereocenters. The van der Waals surface area contributed by atoms with Crippen molar-refractivity contribution in [2.75, 3.05) is 11.9 Å². The fourth-order valence-corrected chi connectivity index (χ4v) is 3.56. The molecule has 0 saturated carbocycles. The second-order valence-corrected chi connectivity index (χ2v) is 7.86. The van der Waals surface area contributed by atoms with Crippen LogP contribution in [0.5, 0.6) is 5.75 Å². The van der Waals surface area contributed by atoms with Crippen molar-refractivity contribution in [1.82, 2.24) is 19.9 Å². The summed E-state index contributed by atoms with van der Waals surface area (Å²) < 4.78 is 5.55. The van der Waals surface area contributed by atoms with Crippen molar-refractivity contribution in [2.24, 2.45) is 5.41 Å². The Morgan fingerprint density at radius 3 is 2.75 bits per heavy atom. The van der Waals surface area contributed by atoms with E-state index in [1.807, 2.05) is 32.0 Å². The van der Waals surface area contributed by atoms with Crippen LogP contribution in [-0.2, 0) is 6.42 Å². The van der Waals surface area contributed by atoms with E-state index in [2.05, 4.69) is 39.1 Å². The zero-order valence-corrected chi connectivity index (χ0v) is 16.5. The number of hydrogen-bond donors (Lipinski definition) is 1. The first-order valence-corrected chi connectivity index (χ1v) is 9.42. The SMILES string of the molecule is CCOc1ccc2nc(Nc3ncc4c(n3)CC(C)(C)CC4=O)nc(C)c2c1. The lowest BCUT2D eigenvalue weighted by Gasteiger charge is -2.29. The molecule has 28 heavy (non-hydrogen) atoms. The largest absolute Gasteiger partial charge is 0.494 e. The van der Waals surface area contributed by atoms with Crippen molar-refractivity contribution in [2.45, 2.75) is 40.5 Å². The van der Waals surface area contributed by atoms with E-state index in [4.69, 9.17) is 4.74 Å². The van der Waals surface area contributed by atoms with Gasteiger partial charge in [0.1, 0.15) is 5.75 Å². The van der Waals surface area contributed by atoms with Gasteiger partial charge in [-0.15, -0.1) is 0 Å². The molecule has 7 nitrogen and oxygen atoms in total. The minimum atomic E-state index is -0.0932. The topological polar surface area (TPSA) is 89.9 Å². The van der Waals surface area contributed by atoms with Gasteiger partial charge in [0.15, 0.2) is 5.78 Å². The summed E-state index contributed by atoms with van der Waals surface area (Å²) in [6.45, 7) is 8.65. The molecule has 0 fully saturated rings. The number of fused-ring (bicyclic) bond motifs is 2. The molecule has 7 heteroatoms. The van der Waals surface area contributed by atoms with Crippen molar-refractivity contribution < 1.29 is 9.53 Å². The standard InChI is InChI=1S/C21H23N5O2/c1-5-28-13-6-7-16-14(8-13)12(2)23-20(24-16)26-19-22-11-15-17(25-19)9-21(3,4)10-18(15)27/h6-8,11H,5,9-10H2,1-4H3,(H,22,23,24,25,26). The molecular formula is C21H23N5O2. The third-order valence-electron chi connectivity index (χ3n) is 4.85. The number of benzene rings is 1. The Hall–Kier alpha value is -3.09. The minimum absolute atomic E-state index is 0.0932. The molecule has 3 aromatic rings. The summed E-state index contributed by atoms with van der Waals surface area (Å²) in [6.07, 6.45) is 2.86. The Morgan fingerprint density at radius 2 is 1.96 bits per heavy atom. The first kappa shape index (κ1) is 18.3. The quantitative estimate of drug-likeness (QED) is 0.734. The highest BCUT2D eigenvalue weighted by Gasteiger charge is 2.32. The Balaban J connectivity index is 1.65. The van der Waals surface area contributed by atoms with Crippen LogP contribution in [0, 0.1) is 12.3 Å². The van der Waals surface area contributed by atoms with Crippen LogP contribution in [0.25, 0.3) is 10.9 Å². The number of rotatable bonds is 4. The maximum Gasteiger partial charge on any atom is 0.230 e. The number of aromatic nitrogens is 4. The van der Waals surface area contributed by atoms with Gasteiger partial charge in [0.25, 0.3) is 0 Å². The van der Waals surface area contributed by atoms with Crippen LogP contribution in [0.1, 0.15) is 48.9 Å². The van der Waals surface area contributed by atoms with Crippen LogP contribution in [-0.4, -0.2) is 32.3 Å². The number of anilines is 2. The van der Waals surface area contributed by atoms with Crippen LogP contribution in [0.4, 0.5) is 11.9 Å². The fourth-order valence-electron chi connectivity index (χ4n) is 3.56. The van der Waals surface area contributed by atoms with Gasteiger partial charge in [0.2, 0.25) is 11.9 Å². The van der Waals surface area contributed by atoms with Crippen molar-refractivity contribution in [3.63, 3.8) is 0 Å². The second kappa shape index (κ2) is 6.82. The summed E-state index contributed by atoms with van der Waals surface area (Å²) in [7, 11) is 0. The first-order valence-electron chi connectivity index (χ1n) is 9.42. The van der Waals surface area contributed by atoms with Crippen molar-refractivity contribution in [3.8, 4) is 5.75 Å². The molecule has 0 spiro atoms. The van der Waals surface area contributed by atoms with Gasteiger partial charge >= 0.3 is 0 Å². The monoisotopic (exact) mass is 377 g/mol. The van der Waals surface area contributed by atoms with E-state index in [0.717, 1.165) is 34.5 Å². The molecule has 1 aliphatic rings. The lowest BCUT2D eigenvalue weighted by atomic mass is 9.76. The predicted octanol–water partition coefficient (Wildman–Crippen LogP) is 4.03. The average molecular weight is 377 g/mol. The minimum Gasteiger partial charge on any atom is -0.494 e. The highest BCUT2D eigenvalue weighted by molar-refractivity contribution is 5.98. The Kier molecular flexibility index (Phi) is 4.45. The second-order valence-electron chi connectivity index (χ2n) is 7.86. The predicted molar refractivity (Wildman–Crippen MR) is 107 cm³/mol. The average Bonchev–Trinajstić information content (AvgIpc) is 2.61. The van der Waals surface area contributed by atoms with E-state index in [9.17, 15) is 4.79 Å². The van der Waals surface area contributed by atoms with Crippen LogP contribution in [0.3, 0.4) is 0 Å². The van der Waals surface area contributed by atoms with Crippen molar-refractivity contribution in [3.05, 3.63) is 41.3 Å². The van der Waals surface area contributed by atoms with E-state index in [1.165, 1.54) is 0 Å². The maximum absolute atomic E-state index is 12.3. The molecule has 2 heterocycles. The van der Waals surface area contributed by atoms with Crippen LogP contribution in [0.2, 0.25) is 0 Å². The molecule has 1 N–H and O–H groups in total. The molecule has 2 aromatic heterocycles. The summed E-state index contributed by atoms with van der Waals surface area (Å²) in [6, 6.07) is 5.75. The first-order chi connectivity index (χ1) is 13.3. The van der Waals surface area contributed by atoms with Crippen molar-refractivity contribution >= 4 is 28.6 Å². The van der Waals surface area contributed by atoms with Crippen molar-refractivity contribution in [1.29, 1.82) is 0 Å². The number of nitrogens with one attached hydrogen (secondary N) is 1. The number of ketones is 1. The third kappa shape index (κ3) is 3.52. The Labute approximate surface area is 163 Å². The van der Waals surface area contributed by atoms with E-state index in [-0.39, 0.29) is 11.2 Å². The van der Waals surface area contributed by atoms with Crippen LogP contribution < -0.4 is 10.1 Å². The molecule has 0 bridgehead atoms. The number of ether oxygens (including phenoxy) is 1. The number of Topliss-reactive ketones (excluding diaryl/α,β-unsaturated/α-hetero) is 1. The Bertz CT molecular complexity index is 1080. The van der Waals surface area contributed by atoms with Gasteiger partial charge < -0.3 is 4.74 Å². The highest BCUT2D eigenvalue weighted by Crippen LogP contribution is 2.34. The maximum atomic E-state index is 12.3. The van der Waals surface area contributed by atoms with Crippen LogP contribution in [0.15, 0.2) is 24.4 Å². The molecule has 0 aliphatic heterocycles. The van der Waals surface area contributed by atoms with Gasteiger partial charge in [-0.3, -0.25) is 10.1 Å². The van der Waals surface area contributed by atoms with Gasteiger partial charge in [-0.2, -0.15) is 0 Å². The molecule has 4 rings (SSSR count). The van der Waals surface area contributed by atoms with E-state index >= 15 is 0 Å². The van der Waals surface area contributed by atoms with E-state index in [0.29, 0.717) is 30.5 Å². The van der Waals surface area contributed by atoms with E-state index < -0.39 is 0 Å². The molecule has 1 aliphatic carbocycles. The normalized spacial score (nSPS) is 15.4. The number of carbonyl (C=O) groups is 1. The summed E-state index contributed by atoms with van der Waals surface area (Å²) in [4.78, 5) is 30.2. The molecule has 0 saturated heterocycles. The smallest absolute Gasteiger partial charge is 0.230 e. The number of hydrogen-bond acceptors (Lipinski definition) is 7. The van der Waals surface area contributed by atoms with E-state index in [1.54, 1.807) is 6.20 Å². The number of aryl methyl sites for hydroxylation is 1. The lowest BCUT2D eigenvalue weighted by molar-refractivity contribution is 0.0910. The Morgan fingerprint density at radius 1 is 1.14 bits per heavy atom. The van der Waals surface area contributed by atoms with Gasteiger partial charge in [-0.1, -0.05) is 13.8 Å². The summed E-state index contributed by atoms with van der Waals surface area (Å²) >= 11 is 0. The molecule has 1 aromatic carbocycles. The number of nitrogens with zero attached hydrogens (tertiary/aromatic N) is 4. The zero-order chi connectivity index (χ0) is 19.9. The summed E-state index contributed by atoms with van der Waals surface area (Å²) in [5.41, 5.74) is 2.95. The molecule has 0 atom stereocenters. The molecule has 144 valence electrons. The van der Waals surface area contributed by atoms with Gasteiger partial charge in [-0.05, 0) is 43.9 Å². The lowest BCUT2D eigenvalue weighted by Crippen LogP contribution is -2.28. The molecular weight excluding hydrogens is 354 g/mol. The van der Waals surface area contributed by atoms with Gasteiger partial charge in [0, 0.05) is 18.0 Å². The zero-order valence-electron chi connectivity index (χ0n) is 16.5. The third-order valence-corrected chi connectivity index (χ3v) is 4.85. The van der Waals surface area contributed by atoms with Gasteiger partial charge in [0.05, 0.1) is 29.1 Å². The summed E-state index contributed by atoms with van der Waals surface area (Å²) in [5.74, 6) is 1.72. The van der Waals surface area contributed by atoms with Gasteiger partial charge in [-0.25, -0.2) is 19.9 Å². The fraction of sp³-hybridized carbons (Fsp3) is 0.381. The highest BCUT2D eigenvalue weighted by atomic mass is 16.5. The summed E-state index contributed by atoms with van der Waals surface area (Å²) in [5, 5.41) is 4.02. The molecule has 0 amide bonds. The molecule has 0 radical (unpaired) electrons. The number of carbonyl (C=O) groups excluding carboxylic acids is 1.